The van der Waals surface area contributed by atoms with Crippen LogP contribution in [0.4, 0.5) is 22.7 Å². The Morgan fingerprint density at radius 3 is 2.14 bits per heavy atom. The van der Waals surface area contributed by atoms with Gasteiger partial charge in [0.2, 0.25) is 0 Å². The highest BCUT2D eigenvalue weighted by Gasteiger charge is 2.31. The minimum atomic E-state index is -0.0225. The van der Waals surface area contributed by atoms with Gasteiger partial charge < -0.3 is 14.5 Å². The molecule has 0 aliphatic carbocycles. The van der Waals surface area contributed by atoms with Crippen LogP contribution < -0.4 is 14.5 Å². The highest BCUT2D eigenvalue weighted by atomic mass is 32.1. The lowest BCUT2D eigenvalue weighted by Gasteiger charge is -2.29. The lowest BCUT2D eigenvalue weighted by atomic mass is 9.85. The van der Waals surface area contributed by atoms with Crippen molar-refractivity contribution in [1.82, 2.24) is 9.55 Å². The Morgan fingerprint density at radius 2 is 1.34 bits per heavy atom. The fourth-order valence-electron chi connectivity index (χ4n) is 8.40. The molecule has 6 heteroatoms. The maximum absolute atomic E-state index is 6.78. The summed E-state index contributed by atoms with van der Waals surface area (Å²) < 4.78 is 11.7. The standard InChI is InChI=1S/C50H44N4OS/c1-49(2,3)33-26-27-51-45(28-33)54-43-30-36(23-24-38(43)48-47(54)46-37-17-8-7-14-32(37)22-25-44(46)56-48)55-35-16-13-15-34(29-35)52-31-53(42-21-12-11-20-41(42)52)40-19-10-9-18-39(40)50(4,5)6/h7-30H,31H2,1-6H3. The van der Waals surface area contributed by atoms with E-state index in [1.807, 2.05) is 23.6 Å². The molecule has 3 aromatic heterocycles. The van der Waals surface area contributed by atoms with E-state index in [0.717, 1.165) is 28.5 Å². The summed E-state index contributed by atoms with van der Waals surface area (Å²) in [6.45, 7) is 14.3. The third-order valence-corrected chi connectivity index (χ3v) is 12.4. The van der Waals surface area contributed by atoms with Gasteiger partial charge in [-0.2, -0.15) is 0 Å². The van der Waals surface area contributed by atoms with Crippen molar-refractivity contribution in [2.24, 2.45) is 0 Å². The molecule has 0 atom stereocenters. The molecule has 0 amide bonds. The van der Waals surface area contributed by atoms with Crippen molar-refractivity contribution in [3.8, 4) is 17.3 Å². The molecule has 10 rings (SSSR count). The molecule has 0 saturated heterocycles. The van der Waals surface area contributed by atoms with Crippen LogP contribution in [0.1, 0.15) is 52.7 Å². The maximum atomic E-state index is 6.78. The van der Waals surface area contributed by atoms with Crippen molar-refractivity contribution >= 4 is 76.1 Å². The number of thiophene rings is 1. The molecule has 6 aromatic carbocycles. The van der Waals surface area contributed by atoms with Crippen LogP contribution in [0.15, 0.2) is 146 Å². The molecule has 56 heavy (non-hydrogen) atoms. The van der Waals surface area contributed by atoms with Gasteiger partial charge in [-0.15, -0.1) is 11.3 Å². The Hall–Kier alpha value is -6.11. The predicted octanol–water partition coefficient (Wildman–Crippen LogP) is 14.2. The van der Waals surface area contributed by atoms with E-state index < -0.39 is 0 Å². The summed E-state index contributed by atoms with van der Waals surface area (Å²) in [6.07, 6.45) is 1.95. The minimum absolute atomic E-state index is 0.00906. The summed E-state index contributed by atoms with van der Waals surface area (Å²) in [5.74, 6) is 2.48. The average Bonchev–Trinajstić information content (AvgIpc) is 3.86. The van der Waals surface area contributed by atoms with Crippen LogP contribution in [-0.4, -0.2) is 16.2 Å². The van der Waals surface area contributed by atoms with Gasteiger partial charge in [-0.1, -0.05) is 108 Å². The number of anilines is 4. The van der Waals surface area contributed by atoms with E-state index >= 15 is 0 Å². The van der Waals surface area contributed by atoms with Crippen LogP contribution in [-0.2, 0) is 10.8 Å². The van der Waals surface area contributed by atoms with Gasteiger partial charge >= 0.3 is 0 Å². The van der Waals surface area contributed by atoms with E-state index in [1.54, 1.807) is 0 Å². The number of hydrogen-bond donors (Lipinski definition) is 0. The van der Waals surface area contributed by atoms with Crippen LogP contribution in [0.2, 0.25) is 0 Å². The minimum Gasteiger partial charge on any atom is -0.457 e. The summed E-state index contributed by atoms with van der Waals surface area (Å²) in [6, 6.07) is 50.1. The third kappa shape index (κ3) is 5.62. The monoisotopic (exact) mass is 748 g/mol. The molecule has 1 aliphatic heterocycles. The molecule has 0 N–H and O–H groups in total. The third-order valence-electron chi connectivity index (χ3n) is 11.2. The van der Waals surface area contributed by atoms with E-state index in [2.05, 4.69) is 189 Å². The summed E-state index contributed by atoms with van der Waals surface area (Å²) in [7, 11) is 0. The summed E-state index contributed by atoms with van der Waals surface area (Å²) in [4.78, 5) is 9.83. The Morgan fingerprint density at radius 1 is 0.607 bits per heavy atom. The number of fused-ring (bicyclic) bond motifs is 8. The highest BCUT2D eigenvalue weighted by molar-refractivity contribution is 7.27. The SMILES string of the molecule is CC(C)(C)c1ccnc(-n2c3cc(Oc4cccc(N5CN(c6ccccc6C(C)(C)C)c6ccccc65)c4)ccc3c3sc4ccc5ccccc5c4c32)c1. The molecular weight excluding hydrogens is 705 g/mol. The lowest BCUT2D eigenvalue weighted by molar-refractivity contribution is 0.483. The molecule has 1 aliphatic rings. The van der Waals surface area contributed by atoms with Crippen LogP contribution in [0, 0.1) is 0 Å². The fraction of sp³-hybridized carbons (Fsp3) is 0.180. The van der Waals surface area contributed by atoms with E-state index in [9.17, 15) is 0 Å². The van der Waals surface area contributed by atoms with Gasteiger partial charge in [0.15, 0.2) is 0 Å². The zero-order valence-corrected chi connectivity index (χ0v) is 33.5. The number of aromatic nitrogens is 2. The number of benzene rings is 6. The average molecular weight is 749 g/mol. The van der Waals surface area contributed by atoms with Crippen molar-refractivity contribution in [1.29, 1.82) is 0 Å². The highest BCUT2D eigenvalue weighted by Crippen LogP contribution is 2.48. The second-order valence-electron chi connectivity index (χ2n) is 17.0. The molecule has 4 heterocycles. The molecule has 0 saturated carbocycles. The molecule has 0 bridgehead atoms. The van der Waals surface area contributed by atoms with Crippen molar-refractivity contribution in [2.75, 3.05) is 16.5 Å². The normalized spacial score (nSPS) is 13.4. The molecule has 276 valence electrons. The number of pyridine rings is 1. The Bertz CT molecular complexity index is 2980. The zero-order chi connectivity index (χ0) is 38.3. The topological polar surface area (TPSA) is 33.5 Å². The second kappa shape index (κ2) is 12.7. The van der Waals surface area contributed by atoms with Crippen LogP contribution in [0.25, 0.3) is 47.8 Å². The number of ether oxygens (including phenoxy) is 1. The summed E-state index contributed by atoms with van der Waals surface area (Å²) in [5.41, 5.74) is 9.53. The second-order valence-corrected chi connectivity index (χ2v) is 18.0. The Kier molecular flexibility index (Phi) is 7.81. The van der Waals surface area contributed by atoms with E-state index in [-0.39, 0.29) is 10.8 Å². The van der Waals surface area contributed by atoms with Crippen molar-refractivity contribution in [3.05, 3.63) is 157 Å². The van der Waals surface area contributed by atoms with Gasteiger partial charge in [0, 0.05) is 45.2 Å². The molecular formula is C50H44N4OS. The first kappa shape index (κ1) is 34.4. The predicted molar refractivity (Wildman–Crippen MR) is 237 cm³/mol. The van der Waals surface area contributed by atoms with Crippen LogP contribution in [0.5, 0.6) is 11.5 Å². The molecule has 0 unspecified atom stereocenters. The van der Waals surface area contributed by atoms with Gasteiger partial charge in [0.25, 0.3) is 0 Å². The van der Waals surface area contributed by atoms with Crippen molar-refractivity contribution in [3.63, 3.8) is 0 Å². The maximum Gasteiger partial charge on any atom is 0.137 e. The first-order valence-electron chi connectivity index (χ1n) is 19.4. The van der Waals surface area contributed by atoms with E-state index in [0.29, 0.717) is 6.67 Å². The van der Waals surface area contributed by atoms with Crippen LogP contribution in [0.3, 0.4) is 0 Å². The summed E-state index contributed by atoms with van der Waals surface area (Å²) >= 11 is 1.85. The molecule has 5 nitrogen and oxygen atoms in total. The Balaban J connectivity index is 1.08. The van der Waals surface area contributed by atoms with Gasteiger partial charge in [-0.05, 0) is 93.4 Å². The Labute approximate surface area is 332 Å². The summed E-state index contributed by atoms with van der Waals surface area (Å²) in [5, 5.41) is 4.95. The largest absolute Gasteiger partial charge is 0.457 e. The molecule has 9 aromatic rings. The smallest absolute Gasteiger partial charge is 0.137 e. The van der Waals surface area contributed by atoms with E-state index in [4.69, 9.17) is 9.72 Å². The van der Waals surface area contributed by atoms with Gasteiger partial charge in [0.1, 0.15) is 24.0 Å². The fourth-order valence-corrected chi connectivity index (χ4v) is 9.64. The number of rotatable bonds is 5. The molecule has 0 spiro atoms. The number of para-hydroxylation sites is 3. The van der Waals surface area contributed by atoms with Crippen molar-refractivity contribution in [2.45, 2.75) is 52.4 Å². The van der Waals surface area contributed by atoms with E-state index in [1.165, 1.54) is 64.7 Å². The molecule has 0 radical (unpaired) electrons. The zero-order valence-electron chi connectivity index (χ0n) is 32.7. The van der Waals surface area contributed by atoms with Gasteiger partial charge in [0.05, 0.1) is 27.1 Å². The molecule has 0 fully saturated rings. The van der Waals surface area contributed by atoms with Crippen LogP contribution >= 0.6 is 11.3 Å². The number of hydrogen-bond acceptors (Lipinski definition) is 5. The van der Waals surface area contributed by atoms with Crippen molar-refractivity contribution < 1.29 is 4.74 Å². The van der Waals surface area contributed by atoms with Gasteiger partial charge in [-0.25, -0.2) is 4.98 Å². The van der Waals surface area contributed by atoms with Gasteiger partial charge in [-0.3, -0.25) is 4.57 Å². The lowest BCUT2D eigenvalue weighted by Crippen LogP contribution is -2.26. The quantitative estimate of drug-likeness (QED) is 0.175. The number of nitrogens with zero attached hydrogens (tertiary/aromatic N) is 4. The first-order chi connectivity index (χ1) is 27.0. The first-order valence-corrected chi connectivity index (χ1v) is 20.2.